The molecule has 7 nitrogen and oxygen atoms in total. The van der Waals surface area contributed by atoms with Gasteiger partial charge in [-0.15, -0.1) is 0 Å². The Balaban J connectivity index is 1.77. The zero-order chi connectivity index (χ0) is 19.6. The van der Waals surface area contributed by atoms with Crippen LogP contribution in [0.5, 0.6) is 0 Å². The van der Waals surface area contributed by atoms with Crippen LogP contribution >= 0.6 is 0 Å². The molecule has 0 saturated carbocycles. The van der Waals surface area contributed by atoms with E-state index in [2.05, 4.69) is 9.97 Å². The van der Waals surface area contributed by atoms with Crippen LogP contribution in [0.15, 0.2) is 72.0 Å². The SMILES string of the molecule is O=S1(=O)c2ccccc2N([C@H](CO)c2ccccc2)CCN1Cc1c[nH]cn1. The fraction of sp³-hybridized carbons (Fsp3) is 0.250. The summed E-state index contributed by atoms with van der Waals surface area (Å²) in [7, 11) is -3.70. The van der Waals surface area contributed by atoms with Gasteiger partial charge in [0.05, 0.1) is 36.9 Å². The third-order valence-corrected chi connectivity index (χ3v) is 6.90. The molecule has 2 heterocycles. The minimum atomic E-state index is -3.70. The monoisotopic (exact) mass is 398 g/mol. The lowest BCUT2D eigenvalue weighted by Crippen LogP contribution is -2.37. The molecule has 0 spiro atoms. The van der Waals surface area contributed by atoms with E-state index >= 15 is 0 Å². The molecule has 28 heavy (non-hydrogen) atoms. The van der Waals surface area contributed by atoms with Gasteiger partial charge in [-0.1, -0.05) is 42.5 Å². The predicted molar refractivity (Wildman–Crippen MR) is 106 cm³/mol. The third-order valence-electron chi connectivity index (χ3n) is 5.01. The Morgan fingerprint density at radius 2 is 1.82 bits per heavy atom. The van der Waals surface area contributed by atoms with Gasteiger partial charge in [0.2, 0.25) is 10.0 Å². The first-order valence-corrected chi connectivity index (χ1v) is 10.5. The van der Waals surface area contributed by atoms with Crippen molar-refractivity contribution < 1.29 is 13.5 Å². The van der Waals surface area contributed by atoms with Crippen molar-refractivity contribution in [1.29, 1.82) is 0 Å². The van der Waals surface area contributed by atoms with Crippen molar-refractivity contribution in [2.75, 3.05) is 24.6 Å². The Labute approximate surface area is 164 Å². The van der Waals surface area contributed by atoms with Gasteiger partial charge in [-0.05, 0) is 17.7 Å². The number of hydrogen-bond acceptors (Lipinski definition) is 5. The maximum atomic E-state index is 13.3. The van der Waals surface area contributed by atoms with E-state index in [0.29, 0.717) is 24.5 Å². The maximum Gasteiger partial charge on any atom is 0.245 e. The normalized spacial score (nSPS) is 17.7. The summed E-state index contributed by atoms with van der Waals surface area (Å²) in [5.41, 5.74) is 2.21. The van der Waals surface area contributed by atoms with Gasteiger partial charge in [0, 0.05) is 19.3 Å². The van der Waals surface area contributed by atoms with E-state index in [0.717, 1.165) is 5.56 Å². The number of sulfonamides is 1. The number of nitrogens with zero attached hydrogens (tertiary/aromatic N) is 3. The summed E-state index contributed by atoms with van der Waals surface area (Å²) < 4.78 is 28.1. The molecule has 1 atom stereocenters. The molecule has 1 aromatic heterocycles. The molecule has 0 amide bonds. The summed E-state index contributed by atoms with van der Waals surface area (Å²) in [6, 6.07) is 16.3. The summed E-state index contributed by atoms with van der Waals surface area (Å²) in [6.07, 6.45) is 3.24. The second-order valence-electron chi connectivity index (χ2n) is 6.67. The molecule has 2 N–H and O–H groups in total. The topological polar surface area (TPSA) is 89.5 Å². The number of aliphatic hydroxyl groups is 1. The largest absolute Gasteiger partial charge is 0.394 e. The zero-order valence-corrected chi connectivity index (χ0v) is 16.1. The van der Waals surface area contributed by atoms with Gasteiger partial charge in [0.15, 0.2) is 0 Å². The highest BCUT2D eigenvalue weighted by atomic mass is 32.2. The Bertz CT molecular complexity index is 1020. The zero-order valence-electron chi connectivity index (χ0n) is 15.3. The quantitative estimate of drug-likeness (QED) is 0.687. The molecule has 146 valence electrons. The molecule has 0 saturated heterocycles. The number of aliphatic hydroxyl groups excluding tert-OH is 1. The predicted octanol–water partition coefficient (Wildman–Crippen LogP) is 2.15. The number of fused-ring (bicyclic) bond motifs is 1. The smallest absolute Gasteiger partial charge is 0.245 e. The average Bonchev–Trinajstić information content (AvgIpc) is 3.20. The van der Waals surface area contributed by atoms with E-state index in [-0.39, 0.29) is 24.1 Å². The fourth-order valence-corrected chi connectivity index (χ4v) is 5.22. The number of anilines is 1. The summed E-state index contributed by atoms with van der Waals surface area (Å²) in [5.74, 6) is 0. The summed E-state index contributed by atoms with van der Waals surface area (Å²) in [4.78, 5) is 9.25. The molecule has 2 aromatic carbocycles. The first-order chi connectivity index (χ1) is 13.6. The van der Waals surface area contributed by atoms with Crippen LogP contribution in [0.25, 0.3) is 0 Å². The van der Waals surface area contributed by atoms with Crippen LogP contribution in [0.2, 0.25) is 0 Å². The first kappa shape index (κ1) is 18.7. The number of nitrogens with one attached hydrogen (secondary N) is 1. The second-order valence-corrected chi connectivity index (χ2v) is 8.58. The Hall–Kier alpha value is -2.68. The van der Waals surface area contributed by atoms with Crippen molar-refractivity contribution in [1.82, 2.24) is 14.3 Å². The molecule has 1 aliphatic heterocycles. The number of rotatable bonds is 5. The molecule has 8 heteroatoms. The van der Waals surface area contributed by atoms with Crippen LogP contribution in [0.1, 0.15) is 17.3 Å². The lowest BCUT2D eigenvalue weighted by atomic mass is 10.0. The molecule has 4 rings (SSSR count). The number of para-hydroxylation sites is 1. The first-order valence-electron chi connectivity index (χ1n) is 9.10. The van der Waals surface area contributed by atoms with Crippen LogP contribution in [0.3, 0.4) is 0 Å². The van der Waals surface area contributed by atoms with Crippen molar-refractivity contribution in [2.24, 2.45) is 0 Å². The molecule has 0 bridgehead atoms. The van der Waals surface area contributed by atoms with Gasteiger partial charge >= 0.3 is 0 Å². The van der Waals surface area contributed by atoms with E-state index in [1.165, 1.54) is 10.6 Å². The summed E-state index contributed by atoms with van der Waals surface area (Å²) in [6.45, 7) is 0.842. The average molecular weight is 398 g/mol. The van der Waals surface area contributed by atoms with Gasteiger partial charge < -0.3 is 15.0 Å². The molecule has 0 radical (unpaired) electrons. The third kappa shape index (κ3) is 3.42. The number of imidazole rings is 1. The Morgan fingerprint density at radius 3 is 2.54 bits per heavy atom. The fourth-order valence-electron chi connectivity index (χ4n) is 3.62. The highest BCUT2D eigenvalue weighted by molar-refractivity contribution is 7.89. The highest BCUT2D eigenvalue weighted by Gasteiger charge is 2.35. The van der Waals surface area contributed by atoms with E-state index in [1.807, 2.05) is 41.3 Å². The molecule has 1 aliphatic rings. The van der Waals surface area contributed by atoms with Crippen LogP contribution < -0.4 is 4.90 Å². The Kier molecular flexibility index (Phi) is 5.17. The number of aromatic amines is 1. The van der Waals surface area contributed by atoms with E-state index in [4.69, 9.17) is 0 Å². The summed E-state index contributed by atoms with van der Waals surface area (Å²) >= 11 is 0. The van der Waals surface area contributed by atoms with Gasteiger partial charge in [-0.25, -0.2) is 13.4 Å². The molecular formula is C20H22N4O3S. The van der Waals surface area contributed by atoms with Crippen LogP contribution in [0, 0.1) is 0 Å². The second kappa shape index (κ2) is 7.75. The minimum Gasteiger partial charge on any atom is -0.394 e. The number of H-pyrrole nitrogens is 1. The number of hydrogen-bond donors (Lipinski definition) is 2. The number of aromatic nitrogens is 2. The van der Waals surface area contributed by atoms with Crippen molar-refractivity contribution >= 4 is 15.7 Å². The lowest BCUT2D eigenvalue weighted by Gasteiger charge is -2.32. The van der Waals surface area contributed by atoms with Crippen LogP contribution in [0.4, 0.5) is 5.69 Å². The van der Waals surface area contributed by atoms with Gasteiger partial charge in [0.1, 0.15) is 4.90 Å². The number of benzene rings is 2. The van der Waals surface area contributed by atoms with Gasteiger partial charge in [0.25, 0.3) is 0 Å². The van der Waals surface area contributed by atoms with E-state index in [1.54, 1.807) is 24.4 Å². The van der Waals surface area contributed by atoms with Crippen LogP contribution in [-0.4, -0.2) is 47.5 Å². The van der Waals surface area contributed by atoms with Gasteiger partial charge in [-0.2, -0.15) is 4.31 Å². The standard InChI is InChI=1S/C20H22N4O3S/c25-14-19(16-6-2-1-3-7-16)24-11-10-23(13-17-12-21-15-22-17)28(26,27)20-9-5-4-8-18(20)24/h1-9,12,15,19,25H,10-11,13-14H2,(H,21,22)/t19-/m1/s1. The summed E-state index contributed by atoms with van der Waals surface area (Å²) in [5, 5.41) is 10.1. The molecule has 3 aromatic rings. The lowest BCUT2D eigenvalue weighted by molar-refractivity contribution is 0.259. The van der Waals surface area contributed by atoms with Crippen molar-refractivity contribution in [2.45, 2.75) is 17.5 Å². The maximum absolute atomic E-state index is 13.3. The van der Waals surface area contributed by atoms with Gasteiger partial charge in [-0.3, -0.25) is 0 Å². The Morgan fingerprint density at radius 1 is 1.07 bits per heavy atom. The van der Waals surface area contributed by atoms with Crippen LogP contribution in [-0.2, 0) is 16.6 Å². The highest BCUT2D eigenvalue weighted by Crippen LogP contribution is 2.36. The van der Waals surface area contributed by atoms with Crippen molar-refractivity contribution in [3.8, 4) is 0 Å². The van der Waals surface area contributed by atoms with Crippen molar-refractivity contribution in [3.05, 3.63) is 78.4 Å². The minimum absolute atomic E-state index is 0.113. The van der Waals surface area contributed by atoms with Crippen molar-refractivity contribution in [3.63, 3.8) is 0 Å². The van der Waals surface area contributed by atoms with E-state index in [9.17, 15) is 13.5 Å². The molecule has 0 fully saturated rings. The molecule has 0 aliphatic carbocycles. The van der Waals surface area contributed by atoms with E-state index < -0.39 is 10.0 Å². The molecular weight excluding hydrogens is 376 g/mol. The molecule has 0 unspecified atom stereocenters.